The molecule has 0 spiro atoms. The molecule has 1 atom stereocenters. The van der Waals surface area contributed by atoms with Crippen LogP contribution in [0.5, 0.6) is 0 Å². The van der Waals surface area contributed by atoms with E-state index >= 15 is 0 Å². The number of hydrogen-bond acceptors (Lipinski definition) is 8. The summed E-state index contributed by atoms with van der Waals surface area (Å²) in [7, 11) is 2.20. The number of rotatable bonds is 6. The van der Waals surface area contributed by atoms with Crippen LogP contribution < -0.4 is 10.2 Å². The SMILES string of the molecule is CN1CCN(CC2CCN(c3ccc(C(=O)O)cc3)CC2)CC1.FC(F)(F)c1cncc(NC2CCCOC2)n1. The van der Waals surface area contributed by atoms with Gasteiger partial charge in [-0.3, -0.25) is 4.98 Å². The van der Waals surface area contributed by atoms with E-state index in [4.69, 9.17) is 9.84 Å². The van der Waals surface area contributed by atoms with E-state index < -0.39 is 17.8 Å². The van der Waals surface area contributed by atoms with Crippen LogP contribution in [0.1, 0.15) is 41.7 Å². The van der Waals surface area contributed by atoms with Gasteiger partial charge in [0.15, 0.2) is 5.69 Å². The van der Waals surface area contributed by atoms with Crippen molar-refractivity contribution in [2.75, 3.05) is 76.3 Å². The second-order valence-electron chi connectivity index (χ2n) is 10.7. The Labute approximate surface area is 233 Å². The lowest BCUT2D eigenvalue weighted by Gasteiger charge is -2.38. The highest BCUT2D eigenvalue weighted by molar-refractivity contribution is 5.88. The Hall–Kier alpha value is -2.96. The fourth-order valence-electron chi connectivity index (χ4n) is 5.22. The molecule has 220 valence electrons. The third-order valence-electron chi connectivity index (χ3n) is 7.64. The largest absolute Gasteiger partial charge is 0.478 e. The Kier molecular flexibility index (Phi) is 10.6. The Bertz CT molecular complexity index is 1070. The maximum atomic E-state index is 12.4. The molecule has 3 fully saturated rings. The number of benzene rings is 1. The van der Waals surface area contributed by atoms with E-state index in [1.54, 1.807) is 12.1 Å². The average molecular weight is 565 g/mol. The number of likely N-dealkylation sites (N-methyl/N-ethyl adjacent to an activating group) is 1. The van der Waals surface area contributed by atoms with Crippen LogP contribution in [-0.4, -0.2) is 103 Å². The van der Waals surface area contributed by atoms with Crippen LogP contribution in [0.3, 0.4) is 0 Å². The zero-order valence-corrected chi connectivity index (χ0v) is 22.9. The highest BCUT2D eigenvalue weighted by atomic mass is 19.4. The van der Waals surface area contributed by atoms with Crippen molar-refractivity contribution in [2.45, 2.75) is 37.9 Å². The van der Waals surface area contributed by atoms with Gasteiger partial charge < -0.3 is 29.9 Å². The highest BCUT2D eigenvalue weighted by Crippen LogP contribution is 2.28. The summed E-state index contributed by atoms with van der Waals surface area (Å²) in [5.74, 6) is 0.0747. The van der Waals surface area contributed by atoms with Gasteiger partial charge in [-0.05, 0) is 62.9 Å². The van der Waals surface area contributed by atoms with Crippen LogP contribution in [0.2, 0.25) is 0 Å². The van der Waals surface area contributed by atoms with Crippen molar-refractivity contribution in [3.05, 3.63) is 47.9 Å². The maximum absolute atomic E-state index is 12.4. The zero-order chi connectivity index (χ0) is 28.5. The predicted octanol–water partition coefficient (Wildman–Crippen LogP) is 3.93. The van der Waals surface area contributed by atoms with Crippen LogP contribution in [-0.2, 0) is 10.9 Å². The van der Waals surface area contributed by atoms with E-state index in [1.807, 2.05) is 12.1 Å². The molecule has 9 nitrogen and oxygen atoms in total. The first kappa shape index (κ1) is 30.0. The van der Waals surface area contributed by atoms with Crippen molar-refractivity contribution in [2.24, 2.45) is 5.92 Å². The Morgan fingerprint density at radius 1 is 1.05 bits per heavy atom. The predicted molar refractivity (Wildman–Crippen MR) is 147 cm³/mol. The molecule has 1 aromatic heterocycles. The average Bonchev–Trinajstić information content (AvgIpc) is 2.95. The van der Waals surface area contributed by atoms with E-state index in [0.717, 1.165) is 37.5 Å². The molecule has 0 radical (unpaired) electrons. The molecule has 40 heavy (non-hydrogen) atoms. The van der Waals surface area contributed by atoms with Gasteiger partial charge in [-0.15, -0.1) is 0 Å². The van der Waals surface area contributed by atoms with Gasteiger partial charge in [0.25, 0.3) is 0 Å². The van der Waals surface area contributed by atoms with Crippen LogP contribution in [0.15, 0.2) is 36.7 Å². The molecule has 0 bridgehead atoms. The van der Waals surface area contributed by atoms with Crippen LogP contribution in [0, 0.1) is 5.92 Å². The number of anilines is 2. The molecule has 0 amide bonds. The van der Waals surface area contributed by atoms with Gasteiger partial charge in [0.05, 0.1) is 30.6 Å². The lowest BCUT2D eigenvalue weighted by atomic mass is 9.95. The fourth-order valence-corrected chi connectivity index (χ4v) is 5.22. The minimum atomic E-state index is -4.46. The summed E-state index contributed by atoms with van der Waals surface area (Å²) in [6, 6.07) is 7.28. The fraction of sp³-hybridized carbons (Fsp3) is 0.607. The molecule has 12 heteroatoms. The first-order valence-electron chi connectivity index (χ1n) is 13.9. The number of alkyl halides is 3. The molecule has 1 unspecified atom stereocenters. The summed E-state index contributed by atoms with van der Waals surface area (Å²) in [6.45, 7) is 9.35. The standard InChI is InChI=1S/C18H27N3O2.C10H12F3N3O/c1-19-10-12-20(13-11-19)14-15-6-8-21(9-7-15)17-4-2-16(3-5-17)18(22)23;11-10(12,13)8-4-14-5-9(16-8)15-7-2-1-3-17-6-7/h2-5,15H,6-14H2,1H3,(H,22,23);4-5,7H,1-3,6H2,(H,15,16). The van der Waals surface area contributed by atoms with Crippen molar-refractivity contribution in [1.82, 2.24) is 19.8 Å². The van der Waals surface area contributed by atoms with E-state index in [-0.39, 0.29) is 11.9 Å². The molecule has 2 aromatic rings. The molecule has 3 aliphatic heterocycles. The third-order valence-corrected chi connectivity index (χ3v) is 7.64. The summed E-state index contributed by atoms with van der Waals surface area (Å²) >= 11 is 0. The lowest BCUT2D eigenvalue weighted by Crippen LogP contribution is -2.47. The summed E-state index contributed by atoms with van der Waals surface area (Å²) in [4.78, 5) is 25.3. The summed E-state index contributed by atoms with van der Waals surface area (Å²) < 4.78 is 42.4. The van der Waals surface area contributed by atoms with Gasteiger partial charge in [0.2, 0.25) is 0 Å². The van der Waals surface area contributed by atoms with Gasteiger partial charge in [-0.2, -0.15) is 13.2 Å². The van der Waals surface area contributed by atoms with Gasteiger partial charge in [0, 0.05) is 58.1 Å². The molecule has 2 N–H and O–H groups in total. The first-order valence-corrected chi connectivity index (χ1v) is 13.9. The number of aromatic carboxylic acids is 1. The van der Waals surface area contributed by atoms with Crippen molar-refractivity contribution in [3.63, 3.8) is 0 Å². The molecule has 3 saturated heterocycles. The second-order valence-corrected chi connectivity index (χ2v) is 10.7. The molecule has 4 heterocycles. The van der Waals surface area contributed by atoms with E-state index in [1.165, 1.54) is 51.8 Å². The number of aromatic nitrogens is 2. The van der Waals surface area contributed by atoms with Crippen molar-refractivity contribution >= 4 is 17.5 Å². The molecule has 1 aromatic carbocycles. The quantitative estimate of drug-likeness (QED) is 0.541. The number of carboxylic acid groups (broad SMARTS) is 1. The minimum Gasteiger partial charge on any atom is -0.478 e. The first-order chi connectivity index (χ1) is 19.2. The molecular formula is C28H39F3N6O3. The topological polar surface area (TPSA) is 94.1 Å². The number of piperazine rings is 1. The minimum absolute atomic E-state index is 0.00142. The van der Waals surface area contributed by atoms with E-state index in [2.05, 4.69) is 37.0 Å². The Balaban J connectivity index is 0.000000194. The lowest BCUT2D eigenvalue weighted by molar-refractivity contribution is -0.141. The van der Waals surface area contributed by atoms with E-state index in [0.29, 0.717) is 25.0 Å². The number of nitrogens with zero attached hydrogens (tertiary/aromatic N) is 5. The maximum Gasteiger partial charge on any atom is 0.434 e. The number of carboxylic acids is 1. The van der Waals surface area contributed by atoms with Crippen LogP contribution in [0.25, 0.3) is 0 Å². The van der Waals surface area contributed by atoms with Gasteiger partial charge in [-0.25, -0.2) is 9.78 Å². The zero-order valence-electron chi connectivity index (χ0n) is 22.9. The smallest absolute Gasteiger partial charge is 0.434 e. The number of nitrogens with one attached hydrogen (secondary N) is 1. The highest BCUT2D eigenvalue weighted by Gasteiger charge is 2.33. The number of halogens is 3. The molecule has 5 rings (SSSR count). The van der Waals surface area contributed by atoms with Crippen molar-refractivity contribution < 1.29 is 27.8 Å². The number of carbonyl (C=O) groups is 1. The monoisotopic (exact) mass is 564 g/mol. The normalized spacial score (nSPS) is 21.4. The van der Waals surface area contributed by atoms with Gasteiger partial charge in [-0.1, -0.05) is 0 Å². The molecule has 0 saturated carbocycles. The molecule has 0 aliphatic carbocycles. The third kappa shape index (κ3) is 9.03. The second kappa shape index (κ2) is 14.1. The van der Waals surface area contributed by atoms with Gasteiger partial charge in [0.1, 0.15) is 5.82 Å². The van der Waals surface area contributed by atoms with Crippen LogP contribution >= 0.6 is 0 Å². The summed E-state index contributed by atoms with van der Waals surface area (Å²) in [5.41, 5.74) is 0.519. The van der Waals surface area contributed by atoms with Crippen molar-refractivity contribution in [3.8, 4) is 0 Å². The van der Waals surface area contributed by atoms with Crippen molar-refractivity contribution in [1.29, 1.82) is 0 Å². The number of ether oxygens (including phenoxy) is 1. The van der Waals surface area contributed by atoms with Gasteiger partial charge >= 0.3 is 12.1 Å². The Morgan fingerprint density at radius 3 is 2.35 bits per heavy atom. The summed E-state index contributed by atoms with van der Waals surface area (Å²) in [5, 5.41) is 11.9. The summed E-state index contributed by atoms with van der Waals surface area (Å²) in [6.07, 6.45) is 1.74. The molecule has 3 aliphatic rings. The number of piperidine rings is 1. The Morgan fingerprint density at radius 2 is 1.75 bits per heavy atom. The van der Waals surface area contributed by atoms with Crippen LogP contribution in [0.4, 0.5) is 24.7 Å². The van der Waals surface area contributed by atoms with E-state index in [9.17, 15) is 18.0 Å². The molecular weight excluding hydrogens is 525 g/mol. The number of hydrogen-bond donors (Lipinski definition) is 2.